The lowest BCUT2D eigenvalue weighted by molar-refractivity contribution is 0.0952. The van der Waals surface area contributed by atoms with Crippen LogP contribution in [0.15, 0.2) is 47.4 Å². The van der Waals surface area contributed by atoms with Crippen LogP contribution < -0.4 is 10.0 Å². The Morgan fingerprint density at radius 1 is 1.04 bits per heavy atom. The molecular weight excluding hydrogens is 324 g/mol. The number of hydrogen-bond donors (Lipinski definition) is 2. The van der Waals surface area contributed by atoms with Gasteiger partial charge in [-0.2, -0.15) is 0 Å². The first-order chi connectivity index (χ1) is 11.4. The Kier molecular flexibility index (Phi) is 4.32. The summed E-state index contributed by atoms with van der Waals surface area (Å²) >= 11 is 0. The van der Waals surface area contributed by atoms with Gasteiger partial charge in [0.1, 0.15) is 0 Å². The van der Waals surface area contributed by atoms with Crippen LogP contribution in [0.25, 0.3) is 0 Å². The number of amides is 1. The summed E-state index contributed by atoms with van der Waals surface area (Å²) in [6.45, 7) is 3.79. The van der Waals surface area contributed by atoms with E-state index in [1.165, 1.54) is 0 Å². The summed E-state index contributed by atoms with van der Waals surface area (Å²) in [5.41, 5.74) is 2.54. The van der Waals surface area contributed by atoms with Gasteiger partial charge in [0.15, 0.2) is 0 Å². The summed E-state index contributed by atoms with van der Waals surface area (Å²) in [5, 5.41) is 2.88. The molecule has 0 radical (unpaired) electrons. The summed E-state index contributed by atoms with van der Waals surface area (Å²) < 4.78 is 27.8. The lowest BCUT2D eigenvalue weighted by Gasteiger charge is -2.13. The van der Waals surface area contributed by atoms with E-state index in [0.717, 1.165) is 24.0 Å². The molecule has 0 unspecified atom stereocenters. The van der Waals surface area contributed by atoms with Crippen LogP contribution in [0.5, 0.6) is 0 Å². The second kappa shape index (κ2) is 6.28. The molecule has 0 aromatic heterocycles. The zero-order valence-corrected chi connectivity index (χ0v) is 14.5. The normalized spacial score (nSPS) is 14.2. The summed E-state index contributed by atoms with van der Waals surface area (Å²) in [6, 6.07) is 11.8. The van der Waals surface area contributed by atoms with Gasteiger partial charge in [0.05, 0.1) is 16.1 Å². The van der Waals surface area contributed by atoms with Gasteiger partial charge in [-0.05, 0) is 62.1 Å². The standard InChI is InChI=1S/C18H20N2O3S/c1-12-7-10-15(11-13(12)2)24(22,23)20-17-6-4-3-5-16(17)18(21)19-14-8-9-14/h3-7,10-11,14,20H,8-9H2,1-2H3,(H,19,21). The zero-order chi connectivity index (χ0) is 17.3. The molecule has 0 heterocycles. The quantitative estimate of drug-likeness (QED) is 0.875. The third-order valence-corrected chi connectivity index (χ3v) is 5.48. The van der Waals surface area contributed by atoms with Crippen LogP contribution in [0.2, 0.25) is 0 Å². The fourth-order valence-electron chi connectivity index (χ4n) is 2.35. The van der Waals surface area contributed by atoms with Gasteiger partial charge in [-0.3, -0.25) is 9.52 Å². The van der Waals surface area contributed by atoms with E-state index in [2.05, 4.69) is 10.0 Å². The maximum Gasteiger partial charge on any atom is 0.261 e. The lowest BCUT2D eigenvalue weighted by atomic mass is 10.1. The van der Waals surface area contributed by atoms with E-state index in [1.807, 2.05) is 13.8 Å². The van der Waals surface area contributed by atoms with Crippen LogP contribution in [-0.4, -0.2) is 20.4 Å². The highest BCUT2D eigenvalue weighted by Crippen LogP contribution is 2.24. The first-order valence-electron chi connectivity index (χ1n) is 7.87. The minimum atomic E-state index is -3.75. The third-order valence-electron chi connectivity index (χ3n) is 4.12. The lowest BCUT2D eigenvalue weighted by Crippen LogP contribution is -2.27. The number of sulfonamides is 1. The van der Waals surface area contributed by atoms with Gasteiger partial charge in [0, 0.05) is 6.04 Å². The monoisotopic (exact) mass is 344 g/mol. The molecule has 1 aliphatic carbocycles. The van der Waals surface area contributed by atoms with Gasteiger partial charge in [0.2, 0.25) is 0 Å². The van der Waals surface area contributed by atoms with Gasteiger partial charge < -0.3 is 5.32 Å². The van der Waals surface area contributed by atoms with Crippen molar-refractivity contribution < 1.29 is 13.2 Å². The first-order valence-corrected chi connectivity index (χ1v) is 9.35. The van der Waals surface area contributed by atoms with E-state index in [1.54, 1.807) is 42.5 Å². The average Bonchev–Trinajstić information content (AvgIpc) is 3.34. The molecule has 2 aromatic carbocycles. The van der Waals surface area contributed by atoms with E-state index in [-0.39, 0.29) is 22.5 Å². The van der Waals surface area contributed by atoms with Gasteiger partial charge in [-0.1, -0.05) is 18.2 Å². The van der Waals surface area contributed by atoms with Gasteiger partial charge in [-0.25, -0.2) is 8.42 Å². The van der Waals surface area contributed by atoms with E-state index in [9.17, 15) is 13.2 Å². The molecule has 3 rings (SSSR count). The summed E-state index contributed by atoms with van der Waals surface area (Å²) in [4.78, 5) is 12.5. The number of rotatable bonds is 5. The molecule has 0 aliphatic heterocycles. The van der Waals surface area contributed by atoms with Crippen LogP contribution in [0.1, 0.15) is 34.3 Å². The van der Waals surface area contributed by atoms with Crippen molar-refractivity contribution >= 4 is 21.6 Å². The Morgan fingerprint density at radius 2 is 1.75 bits per heavy atom. The van der Waals surface area contributed by atoms with Gasteiger partial charge >= 0.3 is 0 Å². The molecule has 2 N–H and O–H groups in total. The van der Waals surface area contributed by atoms with Crippen molar-refractivity contribution in [2.24, 2.45) is 0 Å². The Bertz CT molecular complexity index is 887. The number of carbonyl (C=O) groups is 1. The number of benzene rings is 2. The summed E-state index contributed by atoms with van der Waals surface area (Å²) in [7, 11) is -3.75. The second-order valence-corrected chi connectivity index (χ2v) is 7.83. The molecule has 1 amide bonds. The maximum atomic E-state index is 12.6. The van der Waals surface area contributed by atoms with Crippen molar-refractivity contribution in [3.63, 3.8) is 0 Å². The number of anilines is 1. The highest BCUT2D eigenvalue weighted by atomic mass is 32.2. The molecule has 2 aromatic rings. The topological polar surface area (TPSA) is 75.3 Å². The molecule has 1 saturated carbocycles. The molecule has 0 saturated heterocycles. The van der Waals surface area contributed by atoms with E-state index >= 15 is 0 Å². The van der Waals surface area contributed by atoms with Gasteiger partial charge in [0.25, 0.3) is 15.9 Å². The van der Waals surface area contributed by atoms with E-state index in [0.29, 0.717) is 5.56 Å². The third kappa shape index (κ3) is 3.59. The van der Waals surface area contributed by atoms with E-state index in [4.69, 9.17) is 0 Å². The molecule has 1 fully saturated rings. The minimum Gasteiger partial charge on any atom is -0.349 e. The maximum absolute atomic E-state index is 12.6. The molecule has 126 valence electrons. The molecule has 0 bridgehead atoms. The number of para-hydroxylation sites is 1. The predicted octanol–water partition coefficient (Wildman–Crippen LogP) is 3.00. The van der Waals surface area contributed by atoms with Crippen molar-refractivity contribution in [3.05, 3.63) is 59.2 Å². The summed E-state index contributed by atoms with van der Waals surface area (Å²) in [6.07, 6.45) is 1.95. The van der Waals surface area contributed by atoms with Crippen LogP contribution in [-0.2, 0) is 10.0 Å². The Morgan fingerprint density at radius 3 is 2.42 bits per heavy atom. The van der Waals surface area contributed by atoms with Crippen molar-refractivity contribution in [2.75, 3.05) is 4.72 Å². The Labute approximate surface area is 142 Å². The highest BCUT2D eigenvalue weighted by Gasteiger charge is 2.25. The molecule has 24 heavy (non-hydrogen) atoms. The fraction of sp³-hybridized carbons (Fsp3) is 0.278. The number of hydrogen-bond acceptors (Lipinski definition) is 3. The SMILES string of the molecule is Cc1ccc(S(=O)(=O)Nc2ccccc2C(=O)NC2CC2)cc1C. The van der Waals surface area contributed by atoms with Crippen molar-refractivity contribution in [2.45, 2.75) is 37.6 Å². The molecule has 6 heteroatoms. The predicted molar refractivity (Wildman–Crippen MR) is 93.7 cm³/mol. The van der Waals surface area contributed by atoms with Crippen molar-refractivity contribution in [1.29, 1.82) is 0 Å². The number of carbonyl (C=O) groups excluding carboxylic acids is 1. The molecule has 0 spiro atoms. The largest absolute Gasteiger partial charge is 0.349 e. The molecule has 5 nitrogen and oxygen atoms in total. The second-order valence-electron chi connectivity index (χ2n) is 6.14. The van der Waals surface area contributed by atoms with Crippen molar-refractivity contribution in [3.8, 4) is 0 Å². The van der Waals surface area contributed by atoms with Crippen LogP contribution in [0, 0.1) is 13.8 Å². The summed E-state index contributed by atoms with van der Waals surface area (Å²) in [5.74, 6) is -0.254. The zero-order valence-electron chi connectivity index (χ0n) is 13.7. The van der Waals surface area contributed by atoms with E-state index < -0.39 is 10.0 Å². The first kappa shape index (κ1) is 16.5. The van der Waals surface area contributed by atoms with Crippen LogP contribution in [0.4, 0.5) is 5.69 Å². The minimum absolute atomic E-state index is 0.183. The Hall–Kier alpha value is -2.34. The van der Waals surface area contributed by atoms with Gasteiger partial charge in [-0.15, -0.1) is 0 Å². The Balaban J connectivity index is 1.89. The molecular formula is C18H20N2O3S. The molecule has 1 aliphatic rings. The highest BCUT2D eigenvalue weighted by molar-refractivity contribution is 7.92. The van der Waals surface area contributed by atoms with Crippen molar-refractivity contribution in [1.82, 2.24) is 5.32 Å². The number of nitrogens with one attached hydrogen (secondary N) is 2. The van der Waals surface area contributed by atoms with Crippen LogP contribution >= 0.6 is 0 Å². The smallest absolute Gasteiger partial charge is 0.261 e. The average molecular weight is 344 g/mol. The van der Waals surface area contributed by atoms with Crippen LogP contribution in [0.3, 0.4) is 0 Å². The fourth-order valence-corrected chi connectivity index (χ4v) is 3.51. The molecule has 0 atom stereocenters. The number of aryl methyl sites for hydroxylation is 2.